The van der Waals surface area contributed by atoms with Crippen molar-refractivity contribution in [3.8, 4) is 0 Å². The summed E-state index contributed by atoms with van der Waals surface area (Å²) in [5.41, 5.74) is 8.18. The van der Waals surface area contributed by atoms with Crippen LogP contribution >= 0.6 is 24.0 Å². The Hall–Kier alpha value is -1.24. The summed E-state index contributed by atoms with van der Waals surface area (Å²) in [4.78, 5) is 7.66. The van der Waals surface area contributed by atoms with Crippen molar-refractivity contribution >= 4 is 40.8 Å². The van der Waals surface area contributed by atoms with Crippen LogP contribution in [0.25, 0.3) is 10.9 Å². The largest absolute Gasteiger partial charge is 0.370 e. The van der Waals surface area contributed by atoms with Crippen LogP contribution in [0.3, 0.4) is 0 Å². The van der Waals surface area contributed by atoms with Gasteiger partial charge in [0.2, 0.25) is 0 Å². The molecule has 0 radical (unpaired) electrons. The van der Waals surface area contributed by atoms with E-state index < -0.39 is 0 Å². The number of aromatic amines is 1. The average Bonchev–Trinajstić information content (AvgIpc) is 2.81. The maximum atomic E-state index is 5.78. The van der Waals surface area contributed by atoms with Crippen molar-refractivity contribution in [2.24, 2.45) is 10.7 Å². The molecule has 0 bridgehead atoms. The summed E-state index contributed by atoms with van der Waals surface area (Å²) >= 11 is 0. The van der Waals surface area contributed by atoms with Gasteiger partial charge in [-0.05, 0) is 23.9 Å². The van der Waals surface area contributed by atoms with Gasteiger partial charge in [-0.1, -0.05) is 31.5 Å². The Balaban J connectivity index is 0.00000200. The van der Waals surface area contributed by atoms with E-state index in [1.54, 1.807) is 0 Å². The van der Waals surface area contributed by atoms with Gasteiger partial charge in [0.25, 0.3) is 0 Å². The molecule has 0 aliphatic rings. The minimum Gasteiger partial charge on any atom is -0.370 e. The van der Waals surface area contributed by atoms with Gasteiger partial charge in [0.05, 0.1) is 0 Å². The lowest BCUT2D eigenvalue weighted by molar-refractivity contribution is 0.788. The number of unbranched alkanes of at least 4 members (excludes halogenated alkanes) is 1. The van der Waals surface area contributed by atoms with Crippen LogP contribution < -0.4 is 11.1 Å². The summed E-state index contributed by atoms with van der Waals surface area (Å²) in [6, 6.07) is 10.5. The van der Waals surface area contributed by atoms with Gasteiger partial charge >= 0.3 is 0 Å². The number of nitrogens with one attached hydrogen (secondary N) is 2. The Bertz CT molecular complexity index is 515. The SMILES string of the molecule is CCCCN=C(N)NCCc1cc2ccccc2[nH]1.I. The molecule has 2 rings (SSSR count). The normalized spacial score (nSPS) is 11.3. The first-order chi connectivity index (χ1) is 9.29. The number of rotatable bonds is 6. The molecule has 0 saturated heterocycles. The van der Waals surface area contributed by atoms with Gasteiger partial charge in [-0.15, -0.1) is 24.0 Å². The van der Waals surface area contributed by atoms with Crippen LogP contribution in [0.2, 0.25) is 0 Å². The van der Waals surface area contributed by atoms with Crippen molar-refractivity contribution < 1.29 is 0 Å². The fourth-order valence-electron chi connectivity index (χ4n) is 2.01. The minimum absolute atomic E-state index is 0. The number of nitrogens with zero attached hydrogens (tertiary/aromatic N) is 1. The van der Waals surface area contributed by atoms with Crippen molar-refractivity contribution in [3.05, 3.63) is 36.0 Å². The minimum atomic E-state index is 0. The Labute approximate surface area is 137 Å². The molecule has 0 amide bonds. The molecule has 0 atom stereocenters. The van der Waals surface area contributed by atoms with Gasteiger partial charge in [-0.25, -0.2) is 0 Å². The van der Waals surface area contributed by atoms with E-state index >= 15 is 0 Å². The van der Waals surface area contributed by atoms with Gasteiger partial charge in [0.1, 0.15) is 0 Å². The van der Waals surface area contributed by atoms with Gasteiger partial charge in [-0.3, -0.25) is 4.99 Å². The van der Waals surface area contributed by atoms with Crippen molar-refractivity contribution in [3.63, 3.8) is 0 Å². The molecule has 1 heterocycles. The van der Waals surface area contributed by atoms with Gasteiger partial charge in [-0.2, -0.15) is 0 Å². The molecular weight excluding hydrogens is 363 g/mol. The number of aromatic nitrogens is 1. The molecule has 0 fully saturated rings. The molecule has 4 N–H and O–H groups in total. The highest BCUT2D eigenvalue weighted by molar-refractivity contribution is 14.0. The highest BCUT2D eigenvalue weighted by Crippen LogP contribution is 2.14. The van der Waals surface area contributed by atoms with Crippen LogP contribution in [-0.2, 0) is 6.42 Å². The summed E-state index contributed by atoms with van der Waals surface area (Å²) in [5, 5.41) is 4.39. The zero-order valence-electron chi connectivity index (χ0n) is 11.9. The topological polar surface area (TPSA) is 66.2 Å². The number of hydrogen-bond acceptors (Lipinski definition) is 1. The first-order valence-electron chi connectivity index (χ1n) is 6.90. The van der Waals surface area contributed by atoms with E-state index in [4.69, 9.17) is 5.73 Å². The fourth-order valence-corrected chi connectivity index (χ4v) is 2.01. The van der Waals surface area contributed by atoms with E-state index in [2.05, 4.69) is 46.5 Å². The zero-order chi connectivity index (χ0) is 13.5. The van der Waals surface area contributed by atoms with E-state index in [0.29, 0.717) is 5.96 Å². The second-order valence-corrected chi connectivity index (χ2v) is 4.68. The van der Waals surface area contributed by atoms with E-state index in [-0.39, 0.29) is 24.0 Å². The number of hydrogen-bond donors (Lipinski definition) is 3. The number of para-hydroxylation sites is 1. The van der Waals surface area contributed by atoms with Crippen LogP contribution in [0.5, 0.6) is 0 Å². The highest BCUT2D eigenvalue weighted by atomic mass is 127. The summed E-state index contributed by atoms with van der Waals surface area (Å²) < 4.78 is 0. The number of aliphatic imine (C=N–C) groups is 1. The third-order valence-electron chi connectivity index (χ3n) is 3.08. The van der Waals surface area contributed by atoms with Crippen molar-refractivity contribution in [2.45, 2.75) is 26.2 Å². The van der Waals surface area contributed by atoms with Gasteiger partial charge in [0, 0.05) is 30.7 Å². The smallest absolute Gasteiger partial charge is 0.188 e. The second-order valence-electron chi connectivity index (χ2n) is 4.68. The Kier molecular flexibility index (Phi) is 7.43. The molecule has 2 aromatic rings. The van der Waals surface area contributed by atoms with Crippen LogP contribution in [-0.4, -0.2) is 24.0 Å². The number of halogens is 1. The van der Waals surface area contributed by atoms with Crippen LogP contribution in [0.1, 0.15) is 25.5 Å². The second kappa shape index (κ2) is 8.84. The third kappa shape index (κ3) is 5.03. The predicted molar refractivity (Wildman–Crippen MR) is 96.8 cm³/mol. The Morgan fingerprint density at radius 1 is 1.35 bits per heavy atom. The van der Waals surface area contributed by atoms with Crippen molar-refractivity contribution in [1.29, 1.82) is 0 Å². The average molecular weight is 386 g/mol. The van der Waals surface area contributed by atoms with E-state index in [9.17, 15) is 0 Å². The first-order valence-corrected chi connectivity index (χ1v) is 6.90. The molecule has 0 saturated carbocycles. The molecule has 0 spiro atoms. The van der Waals surface area contributed by atoms with Crippen LogP contribution in [0, 0.1) is 0 Å². The monoisotopic (exact) mass is 386 g/mol. The molecule has 1 aromatic carbocycles. The maximum Gasteiger partial charge on any atom is 0.188 e. The number of nitrogens with two attached hydrogens (primary N) is 1. The summed E-state index contributed by atoms with van der Waals surface area (Å²) in [6.07, 6.45) is 3.15. The number of benzene rings is 1. The molecule has 0 aliphatic heterocycles. The molecule has 1 aromatic heterocycles. The fraction of sp³-hybridized carbons (Fsp3) is 0.400. The van der Waals surface area contributed by atoms with Gasteiger partial charge in [0.15, 0.2) is 5.96 Å². The van der Waals surface area contributed by atoms with Crippen LogP contribution in [0.4, 0.5) is 0 Å². The zero-order valence-corrected chi connectivity index (χ0v) is 14.2. The number of H-pyrrole nitrogens is 1. The third-order valence-corrected chi connectivity index (χ3v) is 3.08. The number of fused-ring (bicyclic) bond motifs is 1. The molecule has 0 unspecified atom stereocenters. The summed E-state index contributed by atoms with van der Waals surface area (Å²) in [5.74, 6) is 0.546. The Morgan fingerprint density at radius 2 is 2.15 bits per heavy atom. The standard InChI is InChI=1S/C15H22N4.HI/c1-2-3-9-17-15(16)18-10-8-13-11-12-6-4-5-7-14(12)19-13;/h4-7,11,19H,2-3,8-10H2,1H3,(H3,16,17,18);1H. The lowest BCUT2D eigenvalue weighted by Gasteiger charge is -2.04. The predicted octanol–water partition coefficient (Wildman–Crippen LogP) is 3.03. The lowest BCUT2D eigenvalue weighted by Crippen LogP contribution is -2.33. The van der Waals surface area contributed by atoms with Crippen LogP contribution in [0.15, 0.2) is 35.3 Å². The van der Waals surface area contributed by atoms with E-state index in [1.807, 2.05) is 6.07 Å². The van der Waals surface area contributed by atoms with Gasteiger partial charge < -0.3 is 16.0 Å². The quantitative estimate of drug-likeness (QED) is 0.309. The molecule has 110 valence electrons. The molecule has 20 heavy (non-hydrogen) atoms. The molecule has 4 nitrogen and oxygen atoms in total. The molecular formula is C15H23IN4. The number of guanidine groups is 1. The lowest BCUT2D eigenvalue weighted by atomic mass is 10.2. The molecule has 0 aliphatic carbocycles. The van der Waals surface area contributed by atoms with Crippen molar-refractivity contribution in [1.82, 2.24) is 10.3 Å². The summed E-state index contributed by atoms with van der Waals surface area (Å²) in [6.45, 7) is 3.76. The molecule has 5 heteroatoms. The van der Waals surface area contributed by atoms with E-state index in [0.717, 1.165) is 32.4 Å². The highest BCUT2D eigenvalue weighted by Gasteiger charge is 1.99. The first kappa shape index (κ1) is 16.8. The summed E-state index contributed by atoms with van der Waals surface area (Å²) in [7, 11) is 0. The van der Waals surface area contributed by atoms with Crippen molar-refractivity contribution in [2.75, 3.05) is 13.1 Å². The Morgan fingerprint density at radius 3 is 2.90 bits per heavy atom. The maximum absolute atomic E-state index is 5.78. The van der Waals surface area contributed by atoms with E-state index in [1.165, 1.54) is 16.6 Å².